The first-order valence-electron chi connectivity index (χ1n) is 6.01. The van der Waals surface area contributed by atoms with Crippen LogP contribution in [0.1, 0.15) is 16.0 Å². The number of halogens is 3. The standard InChI is InChI=1S/C13H13Cl2N3S.ClH/c14-9-3-8-1-2-18(7-11(8)12(15)4-9)6-10-5-17-13(16)19-10;/h3-5H,1-2,6-7H2,(H2,16,17);1H. The van der Waals surface area contributed by atoms with E-state index in [4.69, 9.17) is 28.9 Å². The van der Waals surface area contributed by atoms with E-state index in [1.807, 2.05) is 18.3 Å². The number of aromatic nitrogens is 1. The van der Waals surface area contributed by atoms with E-state index in [2.05, 4.69) is 9.88 Å². The van der Waals surface area contributed by atoms with E-state index in [1.165, 1.54) is 16.0 Å². The lowest BCUT2D eigenvalue weighted by atomic mass is 10.00. The van der Waals surface area contributed by atoms with Crippen LogP contribution in [0.3, 0.4) is 0 Å². The van der Waals surface area contributed by atoms with Gasteiger partial charge < -0.3 is 5.73 Å². The van der Waals surface area contributed by atoms with Gasteiger partial charge in [-0.2, -0.15) is 0 Å². The molecule has 1 aromatic carbocycles. The van der Waals surface area contributed by atoms with E-state index < -0.39 is 0 Å². The number of rotatable bonds is 2. The second-order valence-electron chi connectivity index (χ2n) is 4.65. The fourth-order valence-electron chi connectivity index (χ4n) is 2.39. The molecular formula is C13H14Cl3N3S. The summed E-state index contributed by atoms with van der Waals surface area (Å²) < 4.78 is 0. The SMILES string of the molecule is Cl.Nc1ncc(CN2CCc3cc(Cl)cc(Cl)c3C2)s1. The average Bonchev–Trinajstić information content (AvgIpc) is 2.75. The van der Waals surface area contributed by atoms with E-state index in [9.17, 15) is 0 Å². The molecule has 1 aromatic heterocycles. The Labute approximate surface area is 138 Å². The van der Waals surface area contributed by atoms with Crippen molar-refractivity contribution >= 4 is 52.1 Å². The zero-order valence-corrected chi connectivity index (χ0v) is 13.7. The topological polar surface area (TPSA) is 42.1 Å². The van der Waals surface area contributed by atoms with Gasteiger partial charge in [-0.15, -0.1) is 23.7 Å². The summed E-state index contributed by atoms with van der Waals surface area (Å²) in [6.07, 6.45) is 2.82. The number of fused-ring (bicyclic) bond motifs is 1. The monoisotopic (exact) mass is 349 g/mol. The van der Waals surface area contributed by atoms with Gasteiger partial charge in [-0.1, -0.05) is 23.2 Å². The van der Waals surface area contributed by atoms with Crippen LogP contribution in [0.5, 0.6) is 0 Å². The van der Waals surface area contributed by atoms with Crippen LogP contribution >= 0.6 is 46.9 Å². The molecule has 1 aliphatic rings. The Morgan fingerprint density at radius 3 is 2.85 bits per heavy atom. The summed E-state index contributed by atoms with van der Waals surface area (Å²) in [6, 6.07) is 3.83. The molecule has 3 nitrogen and oxygen atoms in total. The summed E-state index contributed by atoms with van der Waals surface area (Å²) in [7, 11) is 0. The Kier molecular flexibility index (Phi) is 5.15. The molecule has 108 valence electrons. The van der Waals surface area contributed by atoms with Crippen LogP contribution in [0.25, 0.3) is 0 Å². The number of thiazole rings is 1. The molecule has 7 heteroatoms. The van der Waals surface area contributed by atoms with E-state index in [1.54, 1.807) is 11.3 Å². The molecular weight excluding hydrogens is 337 g/mol. The Hall–Kier alpha value is -0.520. The fourth-order valence-corrected chi connectivity index (χ4v) is 3.71. The number of nitrogens with zero attached hydrogens (tertiary/aromatic N) is 2. The van der Waals surface area contributed by atoms with Crippen LogP contribution in [0.15, 0.2) is 18.3 Å². The van der Waals surface area contributed by atoms with Gasteiger partial charge in [-0.05, 0) is 29.7 Å². The number of benzene rings is 1. The number of hydrogen-bond donors (Lipinski definition) is 1. The third-order valence-electron chi connectivity index (χ3n) is 3.28. The van der Waals surface area contributed by atoms with Gasteiger partial charge in [0, 0.05) is 40.8 Å². The van der Waals surface area contributed by atoms with Gasteiger partial charge in [-0.25, -0.2) is 4.98 Å². The minimum Gasteiger partial charge on any atom is -0.375 e. The lowest BCUT2D eigenvalue weighted by Gasteiger charge is -2.29. The predicted molar refractivity (Wildman–Crippen MR) is 88.1 cm³/mol. The normalized spacial score (nSPS) is 14.7. The quantitative estimate of drug-likeness (QED) is 0.889. The Morgan fingerprint density at radius 2 is 2.15 bits per heavy atom. The van der Waals surface area contributed by atoms with Gasteiger partial charge in [0.05, 0.1) is 0 Å². The highest BCUT2D eigenvalue weighted by atomic mass is 35.5. The Balaban J connectivity index is 0.00000147. The number of nitrogen functional groups attached to an aromatic ring is 1. The zero-order valence-electron chi connectivity index (χ0n) is 10.6. The molecule has 2 aromatic rings. The van der Waals surface area contributed by atoms with Crippen molar-refractivity contribution < 1.29 is 0 Å². The largest absolute Gasteiger partial charge is 0.375 e. The summed E-state index contributed by atoms with van der Waals surface area (Å²) in [5, 5.41) is 2.10. The lowest BCUT2D eigenvalue weighted by molar-refractivity contribution is 0.247. The molecule has 0 amide bonds. The Bertz CT molecular complexity index is 615. The predicted octanol–water partition coefficient (Wildman–Crippen LogP) is 4.01. The van der Waals surface area contributed by atoms with Gasteiger partial charge in [0.25, 0.3) is 0 Å². The third-order valence-corrected chi connectivity index (χ3v) is 4.65. The minimum absolute atomic E-state index is 0. The zero-order chi connectivity index (χ0) is 13.4. The van der Waals surface area contributed by atoms with Crippen LogP contribution in [-0.2, 0) is 19.5 Å². The first-order valence-corrected chi connectivity index (χ1v) is 7.58. The molecule has 1 aliphatic heterocycles. The summed E-state index contributed by atoms with van der Waals surface area (Å²) in [6.45, 7) is 2.72. The molecule has 0 aliphatic carbocycles. The summed E-state index contributed by atoms with van der Waals surface area (Å²) in [5.41, 5.74) is 8.11. The molecule has 0 atom stereocenters. The maximum Gasteiger partial charge on any atom is 0.180 e. The highest BCUT2D eigenvalue weighted by molar-refractivity contribution is 7.15. The molecule has 2 N–H and O–H groups in total. The maximum absolute atomic E-state index is 6.28. The molecule has 0 bridgehead atoms. The molecule has 0 saturated carbocycles. The number of hydrogen-bond acceptors (Lipinski definition) is 4. The lowest BCUT2D eigenvalue weighted by Crippen LogP contribution is -2.30. The first-order chi connectivity index (χ1) is 9.11. The summed E-state index contributed by atoms with van der Waals surface area (Å²) in [5.74, 6) is 0. The summed E-state index contributed by atoms with van der Waals surface area (Å²) >= 11 is 13.9. The van der Waals surface area contributed by atoms with Crippen LogP contribution < -0.4 is 5.73 Å². The van der Waals surface area contributed by atoms with Gasteiger partial charge in [0.1, 0.15) is 0 Å². The number of anilines is 1. The van der Waals surface area contributed by atoms with Crippen molar-refractivity contribution in [2.45, 2.75) is 19.5 Å². The van der Waals surface area contributed by atoms with E-state index in [0.29, 0.717) is 10.2 Å². The average molecular weight is 351 g/mol. The van der Waals surface area contributed by atoms with Crippen molar-refractivity contribution in [2.24, 2.45) is 0 Å². The third kappa shape index (κ3) is 3.38. The highest BCUT2D eigenvalue weighted by Crippen LogP contribution is 2.31. The molecule has 0 radical (unpaired) electrons. The van der Waals surface area contributed by atoms with E-state index in [0.717, 1.165) is 31.1 Å². The minimum atomic E-state index is 0. The fraction of sp³-hybridized carbons (Fsp3) is 0.308. The van der Waals surface area contributed by atoms with E-state index in [-0.39, 0.29) is 12.4 Å². The van der Waals surface area contributed by atoms with Gasteiger partial charge in [0.15, 0.2) is 5.13 Å². The van der Waals surface area contributed by atoms with Crippen molar-refractivity contribution in [1.82, 2.24) is 9.88 Å². The van der Waals surface area contributed by atoms with Crippen molar-refractivity contribution in [2.75, 3.05) is 12.3 Å². The molecule has 0 unspecified atom stereocenters. The van der Waals surface area contributed by atoms with Crippen molar-refractivity contribution in [3.05, 3.63) is 44.4 Å². The number of nitrogens with two attached hydrogens (primary N) is 1. The molecule has 3 rings (SSSR count). The maximum atomic E-state index is 6.28. The van der Waals surface area contributed by atoms with Gasteiger partial charge in [-0.3, -0.25) is 4.90 Å². The van der Waals surface area contributed by atoms with Crippen molar-refractivity contribution in [3.63, 3.8) is 0 Å². The molecule has 0 fully saturated rings. The first kappa shape index (κ1) is 15.9. The second-order valence-corrected chi connectivity index (χ2v) is 6.64. The van der Waals surface area contributed by atoms with Crippen LogP contribution in [-0.4, -0.2) is 16.4 Å². The molecule has 0 saturated heterocycles. The van der Waals surface area contributed by atoms with E-state index >= 15 is 0 Å². The van der Waals surface area contributed by atoms with Crippen LogP contribution in [0, 0.1) is 0 Å². The summed E-state index contributed by atoms with van der Waals surface area (Å²) in [4.78, 5) is 7.62. The van der Waals surface area contributed by atoms with Crippen molar-refractivity contribution in [1.29, 1.82) is 0 Å². The van der Waals surface area contributed by atoms with Crippen LogP contribution in [0.4, 0.5) is 5.13 Å². The van der Waals surface area contributed by atoms with Gasteiger partial charge in [0.2, 0.25) is 0 Å². The second kappa shape index (κ2) is 6.50. The van der Waals surface area contributed by atoms with Crippen molar-refractivity contribution in [3.8, 4) is 0 Å². The molecule has 0 spiro atoms. The highest BCUT2D eigenvalue weighted by Gasteiger charge is 2.20. The van der Waals surface area contributed by atoms with Gasteiger partial charge >= 0.3 is 0 Å². The molecule has 20 heavy (non-hydrogen) atoms. The molecule has 2 heterocycles. The smallest absolute Gasteiger partial charge is 0.180 e. The Morgan fingerprint density at radius 1 is 1.35 bits per heavy atom. The van der Waals surface area contributed by atoms with Crippen LogP contribution in [0.2, 0.25) is 10.0 Å².